The number of phenols is 1. The van der Waals surface area contributed by atoms with E-state index in [0.717, 1.165) is 79.6 Å². The average molecular weight is 682 g/mol. The molecule has 3 N–H and O–H groups in total. The van der Waals surface area contributed by atoms with Crippen LogP contribution in [-0.2, 0) is 11.2 Å². The molecule has 2 heterocycles. The number of aromatic hydroxyl groups is 1. The van der Waals surface area contributed by atoms with Crippen LogP contribution >= 0.6 is 34.0 Å². The summed E-state index contributed by atoms with van der Waals surface area (Å²) in [5.74, 6) is 0.447. The zero-order chi connectivity index (χ0) is 26.6. The third kappa shape index (κ3) is 7.51. The number of ether oxygens (including phenoxy) is 1. The predicted octanol–water partition coefficient (Wildman–Crippen LogP) is 7.40. The van der Waals surface area contributed by atoms with Crippen molar-refractivity contribution in [1.82, 2.24) is 4.90 Å². The van der Waals surface area contributed by atoms with Crippen molar-refractivity contribution in [2.45, 2.75) is 57.2 Å². The first kappa shape index (κ1) is 32.7. The van der Waals surface area contributed by atoms with Crippen LogP contribution in [0.5, 0.6) is 5.75 Å². The van der Waals surface area contributed by atoms with Gasteiger partial charge in [0.25, 0.3) is 0 Å². The molecular formula is C32H40Br2F2N2O2. The molecular weight excluding hydrogens is 642 g/mol. The zero-order valence-electron chi connectivity index (χ0n) is 22.9. The molecule has 4 nitrogen and oxygen atoms in total. The van der Waals surface area contributed by atoms with Crippen molar-refractivity contribution in [3.05, 3.63) is 100 Å². The molecule has 8 heteroatoms. The van der Waals surface area contributed by atoms with Crippen molar-refractivity contribution < 1.29 is 18.6 Å². The highest BCUT2D eigenvalue weighted by atomic mass is 79.9. The molecule has 0 unspecified atom stereocenters. The van der Waals surface area contributed by atoms with E-state index in [0.29, 0.717) is 18.2 Å². The van der Waals surface area contributed by atoms with Crippen LogP contribution < -0.4 is 5.73 Å². The number of phenolic OH excluding ortho intramolecular Hbond substituents is 1. The lowest BCUT2D eigenvalue weighted by Crippen LogP contribution is -2.42. The second-order valence-corrected chi connectivity index (χ2v) is 10.9. The van der Waals surface area contributed by atoms with Crippen molar-refractivity contribution in [3.63, 3.8) is 0 Å². The largest absolute Gasteiger partial charge is 0.507 e. The molecule has 3 aromatic rings. The van der Waals surface area contributed by atoms with E-state index in [2.05, 4.69) is 4.90 Å². The molecule has 218 valence electrons. The summed E-state index contributed by atoms with van der Waals surface area (Å²) >= 11 is 0. The van der Waals surface area contributed by atoms with Crippen LogP contribution in [0.3, 0.4) is 0 Å². The SMILES string of the molecule is Br.Br.Cc1ccc2c(c1O)C[C@@H](C1CCN(CCCC(c3ccc(F)cc3)c3ccc(F)cc3)CC1)O[C@H]2CN. The van der Waals surface area contributed by atoms with E-state index in [-0.39, 0.29) is 63.7 Å². The van der Waals surface area contributed by atoms with Crippen LogP contribution in [0.25, 0.3) is 0 Å². The summed E-state index contributed by atoms with van der Waals surface area (Å²) in [6, 6.07) is 17.3. The molecule has 40 heavy (non-hydrogen) atoms. The highest BCUT2D eigenvalue weighted by Crippen LogP contribution is 2.40. The zero-order valence-corrected chi connectivity index (χ0v) is 26.3. The topological polar surface area (TPSA) is 58.7 Å². The molecule has 0 aromatic heterocycles. The summed E-state index contributed by atoms with van der Waals surface area (Å²) < 4.78 is 33.5. The van der Waals surface area contributed by atoms with Gasteiger partial charge < -0.3 is 20.5 Å². The number of halogens is 4. The quantitative estimate of drug-likeness (QED) is 0.260. The van der Waals surface area contributed by atoms with Gasteiger partial charge >= 0.3 is 0 Å². The van der Waals surface area contributed by atoms with Crippen LogP contribution in [0.2, 0.25) is 0 Å². The fourth-order valence-electron chi connectivity index (χ4n) is 6.26. The van der Waals surface area contributed by atoms with E-state index in [4.69, 9.17) is 10.5 Å². The predicted molar refractivity (Wildman–Crippen MR) is 167 cm³/mol. The molecule has 0 saturated carbocycles. The summed E-state index contributed by atoms with van der Waals surface area (Å²) in [6.45, 7) is 5.37. The molecule has 2 aliphatic heterocycles. The smallest absolute Gasteiger partial charge is 0.123 e. The van der Waals surface area contributed by atoms with Gasteiger partial charge in [0, 0.05) is 24.4 Å². The number of piperidine rings is 1. The van der Waals surface area contributed by atoms with Crippen molar-refractivity contribution in [2.24, 2.45) is 11.7 Å². The van der Waals surface area contributed by atoms with Crippen molar-refractivity contribution in [2.75, 3.05) is 26.2 Å². The lowest BCUT2D eigenvalue weighted by Gasteiger charge is -2.40. The number of hydrogen-bond acceptors (Lipinski definition) is 4. The standard InChI is InChI=1S/C32H38F2N2O2.2BrH/c1-21-4-13-28-29(32(21)37)19-30(38-31(28)20-35)24-14-17-36(18-15-24)16-2-3-27(22-5-9-25(33)10-6-22)23-7-11-26(34)12-8-23;;/h4-13,24,27,30-31,37H,2-3,14-20,35H2,1H3;2*1H/t30-,31-;;/m0../s1. The maximum Gasteiger partial charge on any atom is 0.123 e. The Morgan fingerprint density at radius 3 is 2.05 bits per heavy atom. The molecule has 0 amide bonds. The van der Waals surface area contributed by atoms with Gasteiger partial charge in [0.15, 0.2) is 0 Å². The number of hydrogen-bond donors (Lipinski definition) is 2. The lowest BCUT2D eigenvalue weighted by atomic mass is 9.83. The molecule has 0 aliphatic carbocycles. The van der Waals surface area contributed by atoms with Gasteiger partial charge in [0.2, 0.25) is 0 Å². The third-order valence-electron chi connectivity index (χ3n) is 8.50. The summed E-state index contributed by atoms with van der Waals surface area (Å²) in [5, 5.41) is 10.7. The van der Waals surface area contributed by atoms with Crippen LogP contribution in [0.4, 0.5) is 8.78 Å². The van der Waals surface area contributed by atoms with Crippen molar-refractivity contribution in [1.29, 1.82) is 0 Å². The molecule has 2 atom stereocenters. The van der Waals surface area contributed by atoms with Crippen molar-refractivity contribution in [3.8, 4) is 5.75 Å². The summed E-state index contributed by atoms with van der Waals surface area (Å²) in [4.78, 5) is 2.52. The number of fused-ring (bicyclic) bond motifs is 1. The van der Waals surface area contributed by atoms with Gasteiger partial charge in [-0.05, 0) is 105 Å². The number of rotatable bonds is 8. The number of likely N-dealkylation sites (tertiary alicyclic amines) is 1. The Morgan fingerprint density at radius 1 is 0.925 bits per heavy atom. The molecule has 5 rings (SSSR count). The number of benzene rings is 3. The Hall–Kier alpha value is -1.84. The van der Waals surface area contributed by atoms with Crippen LogP contribution in [0.15, 0.2) is 60.7 Å². The van der Waals surface area contributed by atoms with Crippen LogP contribution in [0, 0.1) is 24.5 Å². The first-order valence-electron chi connectivity index (χ1n) is 13.8. The molecule has 0 spiro atoms. The van der Waals surface area contributed by atoms with Gasteiger partial charge in [-0.25, -0.2) is 8.78 Å². The first-order chi connectivity index (χ1) is 18.4. The highest BCUT2D eigenvalue weighted by molar-refractivity contribution is 8.93. The van der Waals surface area contributed by atoms with Crippen molar-refractivity contribution >= 4 is 34.0 Å². The van der Waals surface area contributed by atoms with Gasteiger partial charge in [-0.2, -0.15) is 0 Å². The van der Waals surface area contributed by atoms with Crippen LogP contribution in [0.1, 0.15) is 65.5 Å². The van der Waals surface area contributed by atoms with Gasteiger partial charge in [0.1, 0.15) is 17.4 Å². The third-order valence-corrected chi connectivity index (χ3v) is 8.50. The second kappa shape index (κ2) is 14.9. The monoisotopic (exact) mass is 680 g/mol. The van der Waals surface area contributed by atoms with Gasteiger partial charge in [-0.15, -0.1) is 34.0 Å². The van der Waals surface area contributed by atoms with Gasteiger partial charge in [0.05, 0.1) is 12.2 Å². The van der Waals surface area contributed by atoms with E-state index >= 15 is 0 Å². The number of nitrogens with two attached hydrogens (primary N) is 1. The molecule has 1 fully saturated rings. The summed E-state index contributed by atoms with van der Waals surface area (Å²) in [7, 11) is 0. The molecule has 0 bridgehead atoms. The minimum atomic E-state index is -0.247. The normalized spacial score (nSPS) is 19.5. The molecule has 3 aromatic carbocycles. The Kier molecular flexibility index (Phi) is 12.1. The van der Waals surface area contributed by atoms with E-state index in [1.807, 2.05) is 43.3 Å². The van der Waals surface area contributed by atoms with Gasteiger partial charge in [-0.3, -0.25) is 0 Å². The minimum absolute atomic E-state index is 0. The Bertz CT molecular complexity index is 1170. The highest BCUT2D eigenvalue weighted by Gasteiger charge is 2.35. The van der Waals surface area contributed by atoms with E-state index in [1.54, 1.807) is 0 Å². The molecule has 2 aliphatic rings. The average Bonchev–Trinajstić information content (AvgIpc) is 2.94. The summed E-state index contributed by atoms with van der Waals surface area (Å²) in [5.41, 5.74) is 11.1. The van der Waals surface area contributed by atoms with Gasteiger partial charge in [-0.1, -0.05) is 36.4 Å². The fourth-order valence-corrected chi connectivity index (χ4v) is 6.26. The maximum atomic E-state index is 13.5. The lowest BCUT2D eigenvalue weighted by molar-refractivity contribution is -0.0647. The number of aryl methyl sites for hydroxylation is 1. The molecule has 1 saturated heterocycles. The van der Waals surface area contributed by atoms with E-state index < -0.39 is 0 Å². The number of nitrogens with zero attached hydrogens (tertiary/aromatic N) is 1. The Morgan fingerprint density at radius 2 is 1.50 bits per heavy atom. The Balaban J connectivity index is 0.00000220. The molecule has 0 radical (unpaired) electrons. The fraction of sp³-hybridized carbons (Fsp3) is 0.438. The Labute approximate surface area is 257 Å². The second-order valence-electron chi connectivity index (χ2n) is 10.9. The maximum absolute atomic E-state index is 13.5. The summed E-state index contributed by atoms with van der Waals surface area (Å²) in [6.07, 6.45) is 4.68. The van der Waals surface area contributed by atoms with Crippen LogP contribution in [-0.4, -0.2) is 42.3 Å². The van der Waals surface area contributed by atoms with E-state index in [1.165, 1.54) is 24.3 Å². The van der Waals surface area contributed by atoms with E-state index in [9.17, 15) is 13.9 Å². The minimum Gasteiger partial charge on any atom is -0.507 e. The first-order valence-corrected chi connectivity index (χ1v) is 13.8.